The van der Waals surface area contributed by atoms with Crippen LogP contribution in [0, 0.1) is 5.82 Å². The van der Waals surface area contributed by atoms with Crippen LogP contribution in [0.25, 0.3) is 11.0 Å². The van der Waals surface area contributed by atoms with E-state index >= 15 is 0 Å². The molecule has 3 heterocycles. The minimum atomic E-state index is -4.60. The number of fused-ring (bicyclic) bond motifs is 1. The van der Waals surface area contributed by atoms with E-state index < -0.39 is 23.4 Å². The number of piperidine rings is 1. The quantitative estimate of drug-likeness (QED) is 0.506. The van der Waals surface area contributed by atoms with E-state index in [9.17, 15) is 27.5 Å². The van der Waals surface area contributed by atoms with Crippen molar-refractivity contribution >= 4 is 22.8 Å². The number of pyridine rings is 1. The molecule has 0 saturated carbocycles. The second-order valence-corrected chi connectivity index (χ2v) is 9.01. The van der Waals surface area contributed by atoms with Crippen LogP contribution in [0.2, 0.25) is 0 Å². The summed E-state index contributed by atoms with van der Waals surface area (Å²) >= 11 is 0. The van der Waals surface area contributed by atoms with Crippen molar-refractivity contribution in [2.24, 2.45) is 0 Å². The summed E-state index contributed by atoms with van der Waals surface area (Å²) in [4.78, 5) is 23.8. The number of rotatable bonds is 7. The Morgan fingerprint density at radius 2 is 2.00 bits per heavy atom. The number of likely N-dealkylation sites (N-methyl/N-ethyl adjacent to an activating group) is 1. The van der Waals surface area contributed by atoms with E-state index in [1.807, 2.05) is 4.90 Å². The molecular formula is C24H27F4N5O2. The summed E-state index contributed by atoms with van der Waals surface area (Å²) in [5, 5.41) is 11.1. The van der Waals surface area contributed by atoms with Gasteiger partial charge >= 0.3 is 6.18 Å². The summed E-state index contributed by atoms with van der Waals surface area (Å²) in [6.45, 7) is 0.951. The van der Waals surface area contributed by atoms with Gasteiger partial charge in [-0.15, -0.1) is 0 Å². The third kappa shape index (κ3) is 5.72. The first-order valence-electron chi connectivity index (χ1n) is 11.4. The molecule has 11 heteroatoms. The third-order valence-corrected chi connectivity index (χ3v) is 6.23. The van der Waals surface area contributed by atoms with Crippen LogP contribution < -0.4 is 4.90 Å². The average Bonchev–Trinajstić information content (AvgIpc) is 3.18. The van der Waals surface area contributed by atoms with Crippen molar-refractivity contribution in [3.05, 3.63) is 54.2 Å². The van der Waals surface area contributed by atoms with Crippen LogP contribution in [0.15, 0.2) is 42.6 Å². The Morgan fingerprint density at radius 3 is 2.71 bits per heavy atom. The molecule has 7 nitrogen and oxygen atoms in total. The predicted molar refractivity (Wildman–Crippen MR) is 122 cm³/mol. The number of alkyl halides is 3. The molecule has 0 radical (unpaired) electrons. The lowest BCUT2D eigenvalue weighted by molar-refractivity contribution is -0.147. The molecule has 2 aromatic heterocycles. The van der Waals surface area contributed by atoms with Crippen LogP contribution in [0.3, 0.4) is 0 Å². The highest BCUT2D eigenvalue weighted by molar-refractivity contribution is 5.77. The van der Waals surface area contributed by atoms with Crippen molar-refractivity contribution in [3.8, 4) is 0 Å². The summed E-state index contributed by atoms with van der Waals surface area (Å²) in [5.74, 6) is -1.15. The van der Waals surface area contributed by atoms with Gasteiger partial charge in [0.2, 0.25) is 11.7 Å². The van der Waals surface area contributed by atoms with E-state index in [2.05, 4.69) is 9.97 Å². The number of β-amino-alcohol motifs (C(OH)–C–C–N with tert-alkyl or cyclic N) is 1. The summed E-state index contributed by atoms with van der Waals surface area (Å²) in [7, 11) is 1.57. The Kier molecular flexibility index (Phi) is 6.98. The fourth-order valence-electron chi connectivity index (χ4n) is 4.62. The van der Waals surface area contributed by atoms with E-state index in [4.69, 9.17) is 0 Å². The van der Waals surface area contributed by atoms with Gasteiger partial charge in [-0.05, 0) is 43.5 Å². The van der Waals surface area contributed by atoms with Crippen molar-refractivity contribution in [1.82, 2.24) is 19.4 Å². The average molecular weight is 494 g/mol. The van der Waals surface area contributed by atoms with Crippen LogP contribution in [-0.2, 0) is 17.5 Å². The fraction of sp³-hybridized carbons (Fsp3) is 0.458. The molecule has 0 aliphatic carbocycles. The van der Waals surface area contributed by atoms with Gasteiger partial charge in [0.05, 0.1) is 29.4 Å². The highest BCUT2D eigenvalue weighted by Crippen LogP contribution is 2.32. The fourth-order valence-corrected chi connectivity index (χ4v) is 4.62. The molecule has 1 fully saturated rings. The van der Waals surface area contributed by atoms with E-state index in [-0.39, 0.29) is 43.9 Å². The van der Waals surface area contributed by atoms with Crippen molar-refractivity contribution in [3.63, 3.8) is 0 Å². The van der Waals surface area contributed by atoms with Gasteiger partial charge in [0.15, 0.2) is 0 Å². The second kappa shape index (κ2) is 9.80. The second-order valence-electron chi connectivity index (χ2n) is 9.01. The van der Waals surface area contributed by atoms with E-state index in [0.29, 0.717) is 30.7 Å². The maximum atomic E-state index is 13.5. The number of halogens is 4. The number of anilines is 1. The molecule has 1 saturated heterocycles. The number of benzene rings is 1. The van der Waals surface area contributed by atoms with Gasteiger partial charge in [-0.3, -0.25) is 4.79 Å². The molecule has 188 valence electrons. The number of para-hydroxylation sites is 2. The number of hydrogen-bond donors (Lipinski definition) is 1. The van der Waals surface area contributed by atoms with Crippen molar-refractivity contribution in [2.45, 2.75) is 44.0 Å². The zero-order valence-electron chi connectivity index (χ0n) is 19.3. The smallest absolute Gasteiger partial charge is 0.386 e. The number of imidazole rings is 1. The van der Waals surface area contributed by atoms with Gasteiger partial charge in [-0.1, -0.05) is 12.1 Å². The molecule has 1 aliphatic rings. The number of hydrogen-bond acceptors (Lipinski definition) is 5. The van der Waals surface area contributed by atoms with Crippen LogP contribution in [0.4, 0.5) is 23.4 Å². The molecule has 1 amide bonds. The summed E-state index contributed by atoms with van der Waals surface area (Å²) in [6, 6.07) is 9.22. The van der Waals surface area contributed by atoms with Crippen LogP contribution >= 0.6 is 0 Å². The number of aliphatic hydroxyl groups is 1. The number of carbonyl (C=O) groups is 1. The largest absolute Gasteiger partial charge is 0.449 e. The third-order valence-electron chi connectivity index (χ3n) is 6.23. The minimum absolute atomic E-state index is 0.0107. The topological polar surface area (TPSA) is 74.5 Å². The lowest BCUT2D eigenvalue weighted by atomic mass is 9.92. The monoisotopic (exact) mass is 493 g/mol. The first kappa shape index (κ1) is 24.9. The van der Waals surface area contributed by atoms with Crippen LogP contribution in [0.5, 0.6) is 0 Å². The molecule has 1 aliphatic heterocycles. The predicted octanol–water partition coefficient (Wildman–Crippen LogP) is 3.86. The molecule has 35 heavy (non-hydrogen) atoms. The Hall–Kier alpha value is -3.21. The number of amides is 1. The molecule has 1 unspecified atom stereocenters. The minimum Gasteiger partial charge on any atom is -0.386 e. The van der Waals surface area contributed by atoms with Gasteiger partial charge in [0, 0.05) is 33.1 Å². The Bertz CT molecular complexity index is 1180. The normalized spacial score (nSPS) is 18.7. The van der Waals surface area contributed by atoms with E-state index in [1.165, 1.54) is 17.0 Å². The standard InChI is InChI=1S/C24H27F4N5O2/c1-31(15-23(35)11-5-12-32(16-23)20-10-9-17(25)14-29-20)21(34)8-4-13-33-19-7-3-2-6-18(19)30-22(33)24(26,27)28/h2-3,6-7,9-10,14,35H,4-5,8,11-13,15-16H2,1H3. The number of aryl methyl sites for hydroxylation is 1. The maximum absolute atomic E-state index is 13.5. The highest BCUT2D eigenvalue weighted by Gasteiger charge is 2.38. The summed E-state index contributed by atoms with van der Waals surface area (Å²) in [5.41, 5.74) is -0.558. The molecule has 1 atom stereocenters. The SMILES string of the molecule is CN(CC1(O)CCCN(c2ccc(F)cn2)C1)C(=O)CCCn1c(C(F)(F)F)nc2ccccc21. The first-order chi connectivity index (χ1) is 16.6. The molecule has 4 rings (SSSR count). The molecular weight excluding hydrogens is 466 g/mol. The number of carbonyl (C=O) groups excluding carboxylic acids is 1. The highest BCUT2D eigenvalue weighted by atomic mass is 19.4. The lowest BCUT2D eigenvalue weighted by Gasteiger charge is -2.41. The lowest BCUT2D eigenvalue weighted by Crippen LogP contribution is -2.54. The van der Waals surface area contributed by atoms with E-state index in [1.54, 1.807) is 31.3 Å². The number of nitrogens with zero attached hydrogens (tertiary/aromatic N) is 5. The molecule has 1 aromatic carbocycles. The maximum Gasteiger partial charge on any atom is 0.449 e. The molecule has 3 aromatic rings. The van der Waals surface area contributed by atoms with Crippen LogP contribution in [0.1, 0.15) is 31.5 Å². The zero-order chi connectivity index (χ0) is 25.2. The van der Waals surface area contributed by atoms with Gasteiger partial charge in [-0.2, -0.15) is 13.2 Å². The zero-order valence-corrected chi connectivity index (χ0v) is 19.3. The Labute approximate surface area is 200 Å². The molecule has 0 bridgehead atoms. The first-order valence-corrected chi connectivity index (χ1v) is 11.4. The van der Waals surface area contributed by atoms with Crippen molar-refractivity contribution in [1.29, 1.82) is 0 Å². The number of aromatic nitrogens is 3. The Morgan fingerprint density at radius 1 is 1.23 bits per heavy atom. The van der Waals surface area contributed by atoms with Gasteiger partial charge in [0.25, 0.3) is 0 Å². The van der Waals surface area contributed by atoms with Crippen molar-refractivity contribution in [2.75, 3.05) is 31.6 Å². The molecule has 1 N–H and O–H groups in total. The molecule has 0 spiro atoms. The van der Waals surface area contributed by atoms with Crippen LogP contribution in [-0.4, -0.2) is 62.7 Å². The van der Waals surface area contributed by atoms with Gasteiger partial charge in [-0.25, -0.2) is 14.4 Å². The van der Waals surface area contributed by atoms with Crippen molar-refractivity contribution < 1.29 is 27.5 Å². The van der Waals surface area contributed by atoms with Gasteiger partial charge in [0.1, 0.15) is 11.6 Å². The summed E-state index contributed by atoms with van der Waals surface area (Å²) < 4.78 is 54.7. The van der Waals surface area contributed by atoms with E-state index in [0.717, 1.165) is 10.8 Å². The Balaban J connectivity index is 1.36. The van der Waals surface area contributed by atoms with Gasteiger partial charge < -0.3 is 19.5 Å². The summed E-state index contributed by atoms with van der Waals surface area (Å²) in [6.07, 6.45) is -2.11.